The maximum Gasteiger partial charge on any atom is 0.269 e. The number of anilines is 1. The van der Waals surface area contributed by atoms with Crippen molar-refractivity contribution < 1.29 is 9.72 Å². The number of carbonyl (C=O) groups excluding carboxylic acids is 1. The summed E-state index contributed by atoms with van der Waals surface area (Å²) < 4.78 is 0. The summed E-state index contributed by atoms with van der Waals surface area (Å²) in [5, 5.41) is 13.7. The van der Waals surface area contributed by atoms with E-state index >= 15 is 0 Å². The van der Waals surface area contributed by atoms with Gasteiger partial charge in [0.25, 0.3) is 11.6 Å². The van der Waals surface area contributed by atoms with E-state index in [1.54, 1.807) is 18.2 Å². The molecule has 0 aromatic heterocycles. The molecule has 0 saturated heterocycles. The van der Waals surface area contributed by atoms with Gasteiger partial charge in [-0.1, -0.05) is 17.7 Å². The Morgan fingerprint density at radius 2 is 1.85 bits per heavy atom. The van der Waals surface area contributed by atoms with Crippen LogP contribution in [0.25, 0.3) is 0 Å². The van der Waals surface area contributed by atoms with Crippen molar-refractivity contribution in [3.05, 3.63) is 68.7 Å². The minimum Gasteiger partial charge on any atom is -0.322 e. The SMILES string of the molecule is Cc1ccc(C(=O)Nc2ccc([N+](=O)[O-])cc2)cc1Cl. The van der Waals surface area contributed by atoms with Crippen LogP contribution in [0.5, 0.6) is 0 Å². The Balaban J connectivity index is 2.14. The Kier molecular flexibility index (Phi) is 4.00. The monoisotopic (exact) mass is 290 g/mol. The summed E-state index contributed by atoms with van der Waals surface area (Å²) in [7, 11) is 0. The zero-order valence-corrected chi connectivity index (χ0v) is 11.3. The lowest BCUT2D eigenvalue weighted by molar-refractivity contribution is -0.384. The van der Waals surface area contributed by atoms with E-state index in [4.69, 9.17) is 11.6 Å². The van der Waals surface area contributed by atoms with Gasteiger partial charge in [-0.05, 0) is 36.8 Å². The van der Waals surface area contributed by atoms with Crippen molar-refractivity contribution in [2.75, 3.05) is 5.32 Å². The first-order valence-corrected chi connectivity index (χ1v) is 6.17. The second kappa shape index (κ2) is 5.71. The van der Waals surface area contributed by atoms with Gasteiger partial charge in [0.2, 0.25) is 0 Å². The quantitative estimate of drug-likeness (QED) is 0.690. The van der Waals surface area contributed by atoms with Crippen LogP contribution in [-0.2, 0) is 0 Å². The minimum absolute atomic E-state index is 0.0265. The molecule has 1 N–H and O–H groups in total. The van der Waals surface area contributed by atoms with Gasteiger partial charge in [-0.25, -0.2) is 0 Å². The molecule has 0 aliphatic carbocycles. The Labute approximate surface area is 120 Å². The molecule has 102 valence electrons. The molecule has 0 unspecified atom stereocenters. The summed E-state index contributed by atoms with van der Waals surface area (Å²) in [5.74, 6) is -0.319. The number of amides is 1. The third-order valence-corrected chi connectivity index (χ3v) is 3.18. The zero-order chi connectivity index (χ0) is 14.7. The minimum atomic E-state index is -0.495. The van der Waals surface area contributed by atoms with E-state index in [1.807, 2.05) is 6.92 Å². The molecule has 0 spiro atoms. The van der Waals surface area contributed by atoms with Crippen molar-refractivity contribution in [2.24, 2.45) is 0 Å². The molecule has 0 aliphatic rings. The molecule has 2 aromatic rings. The lowest BCUT2D eigenvalue weighted by atomic mass is 10.1. The second-order valence-electron chi connectivity index (χ2n) is 4.22. The molecule has 2 aromatic carbocycles. The van der Waals surface area contributed by atoms with E-state index in [-0.39, 0.29) is 11.6 Å². The van der Waals surface area contributed by atoms with Crippen LogP contribution in [-0.4, -0.2) is 10.8 Å². The average molecular weight is 291 g/mol. The number of halogens is 1. The molecule has 0 aliphatic heterocycles. The molecule has 0 atom stereocenters. The Bertz CT molecular complexity index is 669. The Morgan fingerprint density at radius 1 is 1.20 bits per heavy atom. The van der Waals surface area contributed by atoms with E-state index in [0.717, 1.165) is 5.56 Å². The van der Waals surface area contributed by atoms with Gasteiger partial charge in [-0.3, -0.25) is 14.9 Å². The standard InChI is InChI=1S/C14H11ClN2O3/c1-9-2-3-10(8-13(9)15)14(18)16-11-4-6-12(7-5-11)17(19)20/h2-8H,1H3,(H,16,18). The molecule has 20 heavy (non-hydrogen) atoms. The van der Waals surface area contributed by atoms with E-state index in [9.17, 15) is 14.9 Å². The highest BCUT2D eigenvalue weighted by Crippen LogP contribution is 2.19. The summed E-state index contributed by atoms with van der Waals surface area (Å²) in [6.45, 7) is 1.85. The lowest BCUT2D eigenvalue weighted by Gasteiger charge is -2.06. The van der Waals surface area contributed by atoms with Gasteiger partial charge in [-0.15, -0.1) is 0 Å². The van der Waals surface area contributed by atoms with Gasteiger partial charge in [0, 0.05) is 28.4 Å². The summed E-state index contributed by atoms with van der Waals surface area (Å²) >= 11 is 5.96. The van der Waals surface area contributed by atoms with Gasteiger partial charge < -0.3 is 5.32 Å². The highest BCUT2D eigenvalue weighted by molar-refractivity contribution is 6.31. The van der Waals surface area contributed by atoms with Gasteiger partial charge in [0.05, 0.1) is 4.92 Å². The predicted molar refractivity (Wildman–Crippen MR) is 77.2 cm³/mol. The average Bonchev–Trinajstić information content (AvgIpc) is 2.42. The molecule has 0 fully saturated rings. The van der Waals surface area contributed by atoms with Crippen LogP contribution in [0, 0.1) is 17.0 Å². The first-order chi connectivity index (χ1) is 9.47. The highest BCUT2D eigenvalue weighted by Gasteiger charge is 2.09. The van der Waals surface area contributed by atoms with Crippen LogP contribution in [0.3, 0.4) is 0 Å². The molecule has 0 bridgehead atoms. The fraction of sp³-hybridized carbons (Fsp3) is 0.0714. The number of non-ortho nitro benzene ring substituents is 1. The molecule has 5 nitrogen and oxygen atoms in total. The summed E-state index contributed by atoms with van der Waals surface area (Å²) in [5.41, 5.74) is 1.77. The second-order valence-corrected chi connectivity index (χ2v) is 4.63. The topological polar surface area (TPSA) is 72.2 Å². The molecule has 6 heteroatoms. The smallest absolute Gasteiger partial charge is 0.269 e. The van der Waals surface area contributed by atoms with Crippen LogP contribution in [0.1, 0.15) is 15.9 Å². The van der Waals surface area contributed by atoms with E-state index in [0.29, 0.717) is 16.3 Å². The van der Waals surface area contributed by atoms with E-state index < -0.39 is 4.92 Å². The van der Waals surface area contributed by atoms with Crippen LogP contribution >= 0.6 is 11.6 Å². The molecule has 0 heterocycles. The zero-order valence-electron chi connectivity index (χ0n) is 10.6. The highest BCUT2D eigenvalue weighted by atomic mass is 35.5. The molecule has 1 amide bonds. The Hall–Kier alpha value is -2.40. The first-order valence-electron chi connectivity index (χ1n) is 5.79. The van der Waals surface area contributed by atoms with Crippen molar-refractivity contribution in [3.63, 3.8) is 0 Å². The molecular formula is C14H11ClN2O3. The number of hydrogen-bond acceptors (Lipinski definition) is 3. The number of nitro groups is 1. The van der Waals surface area contributed by atoms with Gasteiger partial charge >= 0.3 is 0 Å². The predicted octanol–water partition coefficient (Wildman–Crippen LogP) is 3.81. The van der Waals surface area contributed by atoms with Crippen molar-refractivity contribution in [1.29, 1.82) is 0 Å². The van der Waals surface area contributed by atoms with E-state index in [2.05, 4.69) is 5.32 Å². The Morgan fingerprint density at radius 3 is 2.40 bits per heavy atom. The van der Waals surface area contributed by atoms with Crippen LogP contribution < -0.4 is 5.32 Å². The maximum absolute atomic E-state index is 12.0. The largest absolute Gasteiger partial charge is 0.322 e. The van der Waals surface area contributed by atoms with E-state index in [1.165, 1.54) is 24.3 Å². The van der Waals surface area contributed by atoms with Crippen LogP contribution in [0.2, 0.25) is 5.02 Å². The number of nitro benzene ring substituents is 1. The fourth-order valence-electron chi connectivity index (χ4n) is 1.60. The number of aryl methyl sites for hydroxylation is 1. The van der Waals surface area contributed by atoms with Gasteiger partial charge in [0.15, 0.2) is 0 Å². The van der Waals surface area contributed by atoms with Crippen molar-refractivity contribution in [3.8, 4) is 0 Å². The number of rotatable bonds is 3. The molecule has 0 radical (unpaired) electrons. The van der Waals surface area contributed by atoms with Crippen LogP contribution in [0.15, 0.2) is 42.5 Å². The third kappa shape index (κ3) is 3.13. The third-order valence-electron chi connectivity index (χ3n) is 2.77. The van der Waals surface area contributed by atoms with Crippen molar-refractivity contribution in [1.82, 2.24) is 0 Å². The first kappa shape index (κ1) is 14.0. The molecular weight excluding hydrogens is 280 g/mol. The van der Waals surface area contributed by atoms with Gasteiger partial charge in [-0.2, -0.15) is 0 Å². The number of nitrogens with one attached hydrogen (secondary N) is 1. The molecule has 2 rings (SSSR count). The van der Waals surface area contributed by atoms with Crippen molar-refractivity contribution >= 4 is 28.9 Å². The number of hydrogen-bond donors (Lipinski definition) is 1. The lowest BCUT2D eigenvalue weighted by Crippen LogP contribution is -2.11. The molecule has 0 saturated carbocycles. The normalized spacial score (nSPS) is 10.1. The number of nitrogens with zero attached hydrogens (tertiary/aromatic N) is 1. The van der Waals surface area contributed by atoms with Crippen LogP contribution in [0.4, 0.5) is 11.4 Å². The van der Waals surface area contributed by atoms with Gasteiger partial charge in [0.1, 0.15) is 0 Å². The fourth-order valence-corrected chi connectivity index (χ4v) is 1.78. The van der Waals surface area contributed by atoms with Crippen molar-refractivity contribution in [2.45, 2.75) is 6.92 Å². The number of carbonyl (C=O) groups is 1. The summed E-state index contributed by atoms with van der Waals surface area (Å²) in [4.78, 5) is 22.0. The maximum atomic E-state index is 12.0. The number of benzene rings is 2. The summed E-state index contributed by atoms with van der Waals surface area (Å²) in [6.07, 6.45) is 0. The summed E-state index contributed by atoms with van der Waals surface area (Å²) in [6, 6.07) is 10.6.